The molecule has 0 bridgehead atoms. The molecule has 1 aromatic heterocycles. The fraction of sp³-hybridized carbons (Fsp3) is 0.611. The number of fused-ring (bicyclic) bond motifs is 1. The summed E-state index contributed by atoms with van der Waals surface area (Å²) in [5.74, 6) is -1.02. The number of rotatable bonds is 7. The molecule has 8 heteroatoms. The summed E-state index contributed by atoms with van der Waals surface area (Å²) in [6, 6.07) is -0.262. The number of hydrogen-bond donors (Lipinski definition) is 2. The average molecular weight is 380 g/mol. The molecule has 2 aliphatic rings. The normalized spacial score (nSPS) is 26.1. The molecule has 3 heterocycles. The smallest absolute Gasteiger partial charge is 0.352 e. The Morgan fingerprint density at radius 1 is 1.42 bits per heavy atom. The third-order valence-corrected chi connectivity index (χ3v) is 6.28. The molecule has 1 aromatic rings. The van der Waals surface area contributed by atoms with Gasteiger partial charge >= 0.3 is 5.97 Å². The maximum Gasteiger partial charge on any atom is 0.352 e. The first-order valence-electron chi connectivity index (χ1n) is 9.01. The van der Waals surface area contributed by atoms with Crippen molar-refractivity contribution >= 4 is 23.6 Å². The highest BCUT2D eigenvalue weighted by atomic mass is 32.2. The summed E-state index contributed by atoms with van der Waals surface area (Å²) in [6.07, 6.45) is 3.24. The van der Waals surface area contributed by atoms with Crippen LogP contribution in [0.25, 0.3) is 0 Å². The topological polar surface area (TPSA) is 86.7 Å². The van der Waals surface area contributed by atoms with E-state index in [1.807, 2.05) is 24.0 Å². The number of aromatic nitrogens is 2. The molecule has 1 saturated heterocycles. The van der Waals surface area contributed by atoms with Crippen LogP contribution in [0.4, 0.5) is 0 Å². The van der Waals surface area contributed by atoms with E-state index in [4.69, 9.17) is 0 Å². The molecule has 4 atom stereocenters. The van der Waals surface area contributed by atoms with E-state index < -0.39 is 18.0 Å². The first kappa shape index (κ1) is 19.0. The number of hydrogen-bond acceptors (Lipinski definition) is 4. The summed E-state index contributed by atoms with van der Waals surface area (Å²) in [7, 11) is 0. The van der Waals surface area contributed by atoms with E-state index in [-0.39, 0.29) is 23.6 Å². The van der Waals surface area contributed by atoms with Gasteiger partial charge in [0.25, 0.3) is 0 Å². The summed E-state index contributed by atoms with van der Waals surface area (Å²) in [5.41, 5.74) is 0.830. The number of aliphatic hydroxyl groups is 1. The molecule has 3 rings (SSSR count). The van der Waals surface area contributed by atoms with Crippen molar-refractivity contribution in [1.29, 1.82) is 0 Å². The molecule has 0 radical (unpaired) electrons. The van der Waals surface area contributed by atoms with Gasteiger partial charge in [0.15, 0.2) is 0 Å². The molecule has 4 unspecified atom stereocenters. The van der Waals surface area contributed by atoms with Gasteiger partial charge in [0.05, 0.1) is 24.6 Å². The van der Waals surface area contributed by atoms with Gasteiger partial charge in [-0.25, -0.2) is 13.9 Å². The number of carbonyl (C=O) groups excluding carboxylic acids is 1. The van der Waals surface area contributed by atoms with Crippen LogP contribution in [0.5, 0.6) is 0 Å². The van der Waals surface area contributed by atoms with Crippen molar-refractivity contribution in [2.75, 3.05) is 5.75 Å². The van der Waals surface area contributed by atoms with Crippen molar-refractivity contribution in [3.63, 3.8) is 0 Å². The van der Waals surface area contributed by atoms with Crippen molar-refractivity contribution in [2.24, 2.45) is 11.8 Å². The average Bonchev–Trinajstić information content (AvgIpc) is 3.06. The number of amides is 1. The molecule has 2 N–H and O–H groups in total. The predicted octanol–water partition coefficient (Wildman–Crippen LogP) is 1.10. The molecule has 26 heavy (non-hydrogen) atoms. The number of nitrogens with zero attached hydrogens (tertiary/aromatic N) is 3. The molecule has 1 amide bonds. The summed E-state index contributed by atoms with van der Waals surface area (Å²) in [5, 5.41) is 20.8. The van der Waals surface area contributed by atoms with E-state index in [1.165, 1.54) is 4.90 Å². The van der Waals surface area contributed by atoms with Gasteiger partial charge in [-0.1, -0.05) is 25.6 Å². The van der Waals surface area contributed by atoms with Crippen molar-refractivity contribution in [3.8, 4) is 0 Å². The Labute approximate surface area is 157 Å². The van der Waals surface area contributed by atoms with Crippen LogP contribution in [0.2, 0.25) is 0 Å². The third-order valence-electron chi connectivity index (χ3n) is 5.35. The number of imidazole rings is 1. The molecule has 2 aliphatic heterocycles. The highest BCUT2D eigenvalue weighted by molar-refractivity contribution is 7.99. The lowest BCUT2D eigenvalue weighted by Gasteiger charge is -2.46. The van der Waals surface area contributed by atoms with Crippen molar-refractivity contribution in [1.82, 2.24) is 9.47 Å². The number of carbonyl (C=O) groups is 2. The van der Waals surface area contributed by atoms with Gasteiger partial charge in [-0.3, -0.25) is 4.79 Å². The highest BCUT2D eigenvalue weighted by Gasteiger charge is 2.60. The second-order valence-corrected chi connectivity index (χ2v) is 8.19. The molecule has 7 nitrogen and oxygen atoms in total. The molecule has 0 spiro atoms. The van der Waals surface area contributed by atoms with E-state index in [2.05, 4.69) is 18.4 Å². The van der Waals surface area contributed by atoms with Crippen molar-refractivity contribution in [2.45, 2.75) is 58.0 Å². The lowest BCUT2D eigenvalue weighted by molar-refractivity contribution is -0.689. The minimum absolute atomic E-state index is 0.0887. The van der Waals surface area contributed by atoms with Crippen LogP contribution < -0.4 is 4.57 Å². The number of aryl methyl sites for hydroxylation is 1. The largest absolute Gasteiger partial charge is 0.477 e. The zero-order valence-electron chi connectivity index (χ0n) is 15.5. The maximum absolute atomic E-state index is 12.4. The Kier molecular flexibility index (Phi) is 5.16. The van der Waals surface area contributed by atoms with Crippen LogP contribution in [0, 0.1) is 11.8 Å². The van der Waals surface area contributed by atoms with Crippen LogP contribution in [0.15, 0.2) is 28.8 Å². The standard InChI is InChI=1S/C18H25N3O4S/c1-5-20-9-19(8-13(20)26-6-2)7-12-10(3)15-14(11(4)22)17(23)21(15)16(12)18(24)25/h8-11,14-15,22H,5-7H2,1-4H3/p+1. The maximum atomic E-state index is 12.4. The fourth-order valence-electron chi connectivity index (χ4n) is 4.13. The molecule has 0 saturated carbocycles. The molecule has 0 aromatic carbocycles. The number of aliphatic carboxylic acids is 1. The Bertz CT molecular complexity index is 770. The molecule has 0 aliphatic carbocycles. The number of β-lactam (4-membered cyclic amide) rings is 1. The van der Waals surface area contributed by atoms with E-state index in [1.54, 1.807) is 18.7 Å². The second-order valence-electron chi connectivity index (χ2n) is 6.91. The van der Waals surface area contributed by atoms with Crippen LogP contribution >= 0.6 is 11.8 Å². The number of carboxylic acids is 1. The summed E-state index contributed by atoms with van der Waals surface area (Å²) in [6.45, 7) is 8.98. The molecule has 142 valence electrons. The van der Waals surface area contributed by atoms with Crippen LogP contribution in [-0.4, -0.2) is 49.5 Å². The number of carboxylic acid groups (broad SMARTS) is 1. The van der Waals surface area contributed by atoms with Crippen LogP contribution in [-0.2, 0) is 22.7 Å². The second kappa shape index (κ2) is 7.08. The summed E-state index contributed by atoms with van der Waals surface area (Å²) >= 11 is 1.74. The Morgan fingerprint density at radius 2 is 2.12 bits per heavy atom. The quantitative estimate of drug-likeness (QED) is 0.420. The van der Waals surface area contributed by atoms with Gasteiger partial charge in [-0.2, -0.15) is 0 Å². The zero-order chi connectivity index (χ0) is 19.2. The summed E-state index contributed by atoms with van der Waals surface area (Å²) in [4.78, 5) is 25.6. The zero-order valence-corrected chi connectivity index (χ0v) is 16.4. The van der Waals surface area contributed by atoms with Gasteiger partial charge in [-0.05, 0) is 19.6 Å². The summed E-state index contributed by atoms with van der Waals surface area (Å²) < 4.78 is 4.12. The highest BCUT2D eigenvalue weighted by Crippen LogP contribution is 2.47. The SMILES string of the molecule is CCSc1c[n+](CC2=C(C(=O)O)N3C(=O)C(C(C)O)C3C2C)cn1CC. The molecule has 1 fully saturated rings. The Balaban J connectivity index is 1.94. The minimum atomic E-state index is -1.08. The van der Waals surface area contributed by atoms with Crippen molar-refractivity contribution in [3.05, 3.63) is 23.8 Å². The van der Waals surface area contributed by atoms with Crippen LogP contribution in [0.1, 0.15) is 27.7 Å². The fourth-order valence-corrected chi connectivity index (χ4v) is 4.98. The lowest BCUT2D eigenvalue weighted by atomic mass is 9.78. The van der Waals surface area contributed by atoms with Gasteiger partial charge in [-0.15, -0.1) is 0 Å². The van der Waals surface area contributed by atoms with Gasteiger partial charge < -0.3 is 15.1 Å². The minimum Gasteiger partial charge on any atom is -0.477 e. The van der Waals surface area contributed by atoms with E-state index in [0.717, 1.165) is 22.9 Å². The van der Waals surface area contributed by atoms with Crippen LogP contribution in [0.3, 0.4) is 0 Å². The van der Waals surface area contributed by atoms with Gasteiger partial charge in [0, 0.05) is 11.5 Å². The predicted molar refractivity (Wildman–Crippen MR) is 96.3 cm³/mol. The van der Waals surface area contributed by atoms with Crippen molar-refractivity contribution < 1.29 is 24.4 Å². The van der Waals surface area contributed by atoms with Gasteiger partial charge in [0.2, 0.25) is 17.3 Å². The van der Waals surface area contributed by atoms with E-state index in [0.29, 0.717) is 6.54 Å². The first-order chi connectivity index (χ1) is 12.3. The number of thioether (sulfide) groups is 1. The number of aliphatic hydroxyl groups excluding tert-OH is 1. The lowest BCUT2D eigenvalue weighted by Crippen LogP contribution is -2.63. The molecular formula is C18H26N3O4S+. The van der Waals surface area contributed by atoms with Gasteiger partial charge in [0.1, 0.15) is 18.4 Å². The van der Waals surface area contributed by atoms with E-state index in [9.17, 15) is 19.8 Å². The Morgan fingerprint density at radius 3 is 2.65 bits per heavy atom. The third kappa shape index (κ3) is 2.85. The van der Waals surface area contributed by atoms with E-state index >= 15 is 0 Å². The first-order valence-corrected chi connectivity index (χ1v) is 9.99. The Hall–Kier alpha value is -1.80. The monoisotopic (exact) mass is 380 g/mol. The molecular weight excluding hydrogens is 354 g/mol.